The Bertz CT molecular complexity index is 1120. The number of thioether (sulfide) groups is 1. The normalized spacial score (nSPS) is 16.1. The first-order valence-electron chi connectivity index (χ1n) is 9.04. The molecule has 1 fully saturated rings. The van der Waals surface area contributed by atoms with Gasteiger partial charge >= 0.3 is 0 Å². The number of amides is 2. The highest BCUT2D eigenvalue weighted by atomic mass is 32.2. The summed E-state index contributed by atoms with van der Waals surface area (Å²) in [4.78, 5) is 26.6. The molecule has 0 atom stereocenters. The maximum Gasteiger partial charge on any atom is 0.293 e. The van der Waals surface area contributed by atoms with E-state index >= 15 is 0 Å². The molecule has 1 aliphatic heterocycles. The van der Waals surface area contributed by atoms with Gasteiger partial charge in [-0.1, -0.05) is 36.4 Å². The zero-order chi connectivity index (χ0) is 19.8. The summed E-state index contributed by atoms with van der Waals surface area (Å²) in [5, 5.41) is 0.643. The Labute approximate surface area is 166 Å². The van der Waals surface area contributed by atoms with Crippen LogP contribution in [0.3, 0.4) is 0 Å². The Hall–Kier alpha value is -2.86. The van der Waals surface area contributed by atoms with Gasteiger partial charge in [0.2, 0.25) is 0 Å². The van der Waals surface area contributed by atoms with Gasteiger partial charge in [0.15, 0.2) is 0 Å². The van der Waals surface area contributed by atoms with E-state index in [1.165, 1.54) is 6.07 Å². The summed E-state index contributed by atoms with van der Waals surface area (Å²) in [6.45, 7) is 4.12. The number of halogens is 1. The average Bonchev–Trinajstić information content (AvgIpc) is 3.17. The molecule has 0 unspecified atom stereocenters. The molecule has 1 aliphatic rings. The van der Waals surface area contributed by atoms with Gasteiger partial charge in [0.05, 0.1) is 11.4 Å². The van der Waals surface area contributed by atoms with Crippen molar-refractivity contribution in [2.45, 2.75) is 26.4 Å². The maximum atomic E-state index is 13.9. The lowest BCUT2D eigenvalue weighted by atomic mass is 10.1. The monoisotopic (exact) mass is 394 g/mol. The third-order valence-corrected chi connectivity index (χ3v) is 5.68. The molecule has 0 aliphatic carbocycles. The molecule has 0 bridgehead atoms. The SMILES string of the molecule is CC(C)n1cc(/C=C2/SC(=O)N(Cc3ccccc3F)C2=O)c2ccccc21. The number of benzene rings is 2. The summed E-state index contributed by atoms with van der Waals surface area (Å²) < 4.78 is 16.1. The molecule has 1 saturated heterocycles. The molecule has 3 aromatic rings. The molecule has 0 spiro atoms. The van der Waals surface area contributed by atoms with Crippen molar-refractivity contribution in [2.75, 3.05) is 0 Å². The zero-order valence-electron chi connectivity index (χ0n) is 15.6. The molecule has 0 radical (unpaired) electrons. The second-order valence-corrected chi connectivity index (χ2v) is 7.96. The quantitative estimate of drug-likeness (QED) is 0.541. The second kappa shape index (κ2) is 7.28. The first-order chi connectivity index (χ1) is 13.5. The van der Waals surface area contributed by atoms with E-state index in [2.05, 4.69) is 18.4 Å². The summed E-state index contributed by atoms with van der Waals surface area (Å²) >= 11 is 0.895. The summed E-state index contributed by atoms with van der Waals surface area (Å²) in [5.74, 6) is -0.815. The molecular weight excluding hydrogens is 375 g/mol. The Balaban J connectivity index is 1.68. The van der Waals surface area contributed by atoms with Crippen molar-refractivity contribution in [1.29, 1.82) is 0 Å². The summed E-state index contributed by atoms with van der Waals surface area (Å²) in [5.41, 5.74) is 2.29. The highest BCUT2D eigenvalue weighted by Gasteiger charge is 2.35. The molecule has 0 saturated carbocycles. The van der Waals surface area contributed by atoms with E-state index in [0.717, 1.165) is 33.1 Å². The molecular formula is C22H19FN2O2S. The van der Waals surface area contributed by atoms with E-state index in [0.29, 0.717) is 10.5 Å². The molecule has 28 heavy (non-hydrogen) atoms. The number of nitrogens with zero attached hydrogens (tertiary/aromatic N) is 2. The van der Waals surface area contributed by atoms with Gasteiger partial charge < -0.3 is 4.57 Å². The highest BCUT2D eigenvalue weighted by molar-refractivity contribution is 8.18. The number of rotatable bonds is 4. The molecule has 4 rings (SSSR count). The predicted octanol–water partition coefficient (Wildman–Crippen LogP) is 5.60. The van der Waals surface area contributed by atoms with Gasteiger partial charge in [-0.05, 0) is 43.8 Å². The number of carbonyl (C=O) groups excluding carboxylic acids is 2. The fraction of sp³-hybridized carbons (Fsp3) is 0.182. The van der Waals surface area contributed by atoms with E-state index in [-0.39, 0.29) is 23.7 Å². The molecule has 142 valence electrons. The number of carbonyl (C=O) groups is 2. The average molecular weight is 394 g/mol. The van der Waals surface area contributed by atoms with Gasteiger partial charge in [0.25, 0.3) is 11.1 Å². The lowest BCUT2D eigenvalue weighted by molar-refractivity contribution is -0.123. The minimum atomic E-state index is -0.425. The maximum absolute atomic E-state index is 13.9. The fourth-order valence-corrected chi connectivity index (χ4v) is 4.18. The van der Waals surface area contributed by atoms with Crippen LogP contribution in [-0.2, 0) is 11.3 Å². The first-order valence-corrected chi connectivity index (χ1v) is 9.85. The molecule has 0 N–H and O–H groups in total. The van der Waals surface area contributed by atoms with E-state index in [4.69, 9.17) is 0 Å². The largest absolute Gasteiger partial charge is 0.344 e. The molecule has 6 heteroatoms. The van der Waals surface area contributed by atoms with Crippen molar-refractivity contribution < 1.29 is 14.0 Å². The Morgan fingerprint density at radius 3 is 2.54 bits per heavy atom. The summed E-state index contributed by atoms with van der Waals surface area (Å²) in [6.07, 6.45) is 3.76. The van der Waals surface area contributed by atoms with Crippen molar-refractivity contribution in [3.05, 3.63) is 76.6 Å². The summed E-state index contributed by atoms with van der Waals surface area (Å²) in [6, 6.07) is 14.4. The van der Waals surface area contributed by atoms with Gasteiger partial charge in [0.1, 0.15) is 5.82 Å². The van der Waals surface area contributed by atoms with Crippen LogP contribution in [0.25, 0.3) is 17.0 Å². The Morgan fingerprint density at radius 2 is 1.79 bits per heavy atom. The van der Waals surface area contributed by atoms with Crippen LogP contribution in [0.15, 0.2) is 59.6 Å². The van der Waals surface area contributed by atoms with Crippen molar-refractivity contribution in [1.82, 2.24) is 9.47 Å². The zero-order valence-corrected chi connectivity index (χ0v) is 16.4. The lowest BCUT2D eigenvalue weighted by Crippen LogP contribution is -2.27. The van der Waals surface area contributed by atoms with Crippen LogP contribution in [0.4, 0.5) is 9.18 Å². The molecule has 2 aromatic carbocycles. The van der Waals surface area contributed by atoms with Gasteiger partial charge in [-0.15, -0.1) is 0 Å². The van der Waals surface area contributed by atoms with Gasteiger partial charge in [-0.25, -0.2) is 4.39 Å². The standard InChI is InChI=1S/C22H19FN2O2S/c1-14(2)24-13-16(17-8-4-6-10-19(17)24)11-20-21(26)25(22(27)28-20)12-15-7-3-5-9-18(15)23/h3-11,13-14H,12H2,1-2H3/b20-11+. The van der Waals surface area contributed by atoms with Crippen LogP contribution in [0.2, 0.25) is 0 Å². The topological polar surface area (TPSA) is 42.3 Å². The Morgan fingerprint density at radius 1 is 1.07 bits per heavy atom. The van der Waals surface area contributed by atoms with E-state index in [1.54, 1.807) is 24.3 Å². The first kappa shape index (κ1) is 18.5. The number of imide groups is 1. The highest BCUT2D eigenvalue weighted by Crippen LogP contribution is 2.35. The smallest absolute Gasteiger partial charge is 0.293 e. The summed E-state index contributed by atoms with van der Waals surface area (Å²) in [7, 11) is 0. The van der Waals surface area contributed by atoms with Crippen molar-refractivity contribution >= 4 is 39.9 Å². The van der Waals surface area contributed by atoms with Gasteiger partial charge in [-0.2, -0.15) is 0 Å². The van der Waals surface area contributed by atoms with Crippen molar-refractivity contribution in [2.24, 2.45) is 0 Å². The van der Waals surface area contributed by atoms with Crippen LogP contribution in [-0.4, -0.2) is 20.6 Å². The third-order valence-electron chi connectivity index (χ3n) is 4.77. The fourth-order valence-electron chi connectivity index (χ4n) is 3.35. The van der Waals surface area contributed by atoms with E-state index in [1.807, 2.05) is 30.5 Å². The third kappa shape index (κ3) is 3.24. The molecule has 1 aromatic heterocycles. The van der Waals surface area contributed by atoms with Crippen LogP contribution < -0.4 is 0 Å². The number of fused-ring (bicyclic) bond motifs is 1. The van der Waals surface area contributed by atoms with Crippen LogP contribution in [0.5, 0.6) is 0 Å². The molecule has 4 nitrogen and oxygen atoms in total. The lowest BCUT2D eigenvalue weighted by Gasteiger charge is -2.12. The van der Waals surface area contributed by atoms with Crippen molar-refractivity contribution in [3.63, 3.8) is 0 Å². The number of hydrogen-bond acceptors (Lipinski definition) is 3. The Kier molecular flexibility index (Phi) is 4.81. The predicted molar refractivity (Wildman–Crippen MR) is 110 cm³/mol. The van der Waals surface area contributed by atoms with Crippen LogP contribution in [0.1, 0.15) is 31.0 Å². The van der Waals surface area contributed by atoms with Gasteiger partial charge in [-0.3, -0.25) is 14.5 Å². The minimum Gasteiger partial charge on any atom is -0.344 e. The van der Waals surface area contributed by atoms with Crippen LogP contribution >= 0.6 is 11.8 Å². The number of hydrogen-bond donors (Lipinski definition) is 0. The van der Waals surface area contributed by atoms with Crippen molar-refractivity contribution in [3.8, 4) is 0 Å². The van der Waals surface area contributed by atoms with Gasteiger partial charge in [0, 0.05) is 34.3 Å². The van der Waals surface area contributed by atoms with E-state index in [9.17, 15) is 14.0 Å². The molecule has 2 heterocycles. The van der Waals surface area contributed by atoms with E-state index < -0.39 is 5.82 Å². The molecule has 2 amide bonds. The minimum absolute atomic E-state index is 0.0670. The number of aromatic nitrogens is 1. The van der Waals surface area contributed by atoms with Crippen LogP contribution in [0, 0.1) is 5.82 Å². The number of para-hydroxylation sites is 1. The second-order valence-electron chi connectivity index (χ2n) is 6.96.